The number of hydrogen-bond acceptors (Lipinski definition) is 4. The lowest BCUT2D eigenvalue weighted by Gasteiger charge is -2.28. The number of hydrogen-bond donors (Lipinski definition) is 1. The van der Waals surface area contributed by atoms with Gasteiger partial charge in [-0.3, -0.25) is 4.79 Å². The van der Waals surface area contributed by atoms with Crippen molar-refractivity contribution in [1.29, 1.82) is 0 Å². The Balaban J connectivity index is 2.02. The summed E-state index contributed by atoms with van der Waals surface area (Å²) in [5.74, 6) is 0.145. The van der Waals surface area contributed by atoms with Crippen molar-refractivity contribution in [3.63, 3.8) is 0 Å². The molecule has 1 saturated heterocycles. The van der Waals surface area contributed by atoms with Crippen LogP contribution in [0.1, 0.15) is 29.1 Å². The Hall–Kier alpha value is -1.36. The molecule has 0 saturated carbocycles. The minimum absolute atomic E-state index is 0.137. The van der Waals surface area contributed by atoms with E-state index >= 15 is 0 Å². The Bertz CT molecular complexity index is 353. The highest BCUT2D eigenvalue weighted by Gasteiger charge is 2.24. The van der Waals surface area contributed by atoms with Gasteiger partial charge in [0.2, 0.25) is 5.76 Å². The second-order valence-corrected chi connectivity index (χ2v) is 3.86. The number of aliphatic hydroxyl groups excluding tert-OH is 1. The Morgan fingerprint density at radius 1 is 1.60 bits per heavy atom. The van der Waals surface area contributed by atoms with Crippen LogP contribution in [0.25, 0.3) is 0 Å². The van der Waals surface area contributed by atoms with Gasteiger partial charge >= 0.3 is 0 Å². The standard InChI is InChI=1S/C10H14N2O3/c1-7-6-9(15-11-7)10(14)12-4-2-8(13)3-5-12/h6,8,13H,2-5H2,1H3. The summed E-state index contributed by atoms with van der Waals surface area (Å²) in [7, 11) is 0. The third kappa shape index (κ3) is 2.18. The molecule has 0 aliphatic carbocycles. The lowest BCUT2D eigenvalue weighted by atomic mass is 10.1. The maximum absolute atomic E-state index is 11.8. The van der Waals surface area contributed by atoms with E-state index in [9.17, 15) is 9.90 Å². The molecule has 82 valence electrons. The number of amides is 1. The van der Waals surface area contributed by atoms with E-state index in [1.807, 2.05) is 0 Å². The molecule has 0 radical (unpaired) electrons. The van der Waals surface area contributed by atoms with Crippen molar-refractivity contribution in [1.82, 2.24) is 10.1 Å². The Kier molecular flexibility index (Phi) is 2.73. The summed E-state index contributed by atoms with van der Waals surface area (Å²) in [6.45, 7) is 2.94. The van der Waals surface area contributed by atoms with Crippen molar-refractivity contribution in [2.45, 2.75) is 25.9 Å². The molecule has 1 aromatic heterocycles. The second-order valence-electron chi connectivity index (χ2n) is 3.86. The molecule has 2 heterocycles. The first-order valence-corrected chi connectivity index (χ1v) is 5.07. The summed E-state index contributed by atoms with van der Waals surface area (Å²) in [6, 6.07) is 1.63. The minimum Gasteiger partial charge on any atom is -0.393 e. The molecule has 0 atom stereocenters. The van der Waals surface area contributed by atoms with Crippen LogP contribution >= 0.6 is 0 Å². The van der Waals surface area contributed by atoms with Gasteiger partial charge in [-0.15, -0.1) is 0 Å². The molecule has 0 aromatic carbocycles. The van der Waals surface area contributed by atoms with E-state index in [4.69, 9.17) is 4.52 Å². The molecule has 1 fully saturated rings. The quantitative estimate of drug-likeness (QED) is 0.736. The minimum atomic E-state index is -0.273. The number of piperidine rings is 1. The van der Waals surface area contributed by atoms with Gasteiger partial charge in [-0.25, -0.2) is 0 Å². The molecule has 1 aromatic rings. The average Bonchev–Trinajstić information content (AvgIpc) is 2.65. The Morgan fingerprint density at radius 2 is 2.27 bits per heavy atom. The van der Waals surface area contributed by atoms with Crippen LogP contribution in [0.2, 0.25) is 0 Å². The van der Waals surface area contributed by atoms with Crippen LogP contribution in [0.4, 0.5) is 0 Å². The van der Waals surface area contributed by atoms with Crippen molar-refractivity contribution in [3.05, 3.63) is 17.5 Å². The zero-order valence-electron chi connectivity index (χ0n) is 8.64. The lowest BCUT2D eigenvalue weighted by molar-refractivity contribution is 0.0512. The van der Waals surface area contributed by atoms with E-state index < -0.39 is 0 Å². The van der Waals surface area contributed by atoms with Crippen LogP contribution in [0, 0.1) is 6.92 Å². The molecule has 0 unspecified atom stereocenters. The number of aromatic nitrogens is 1. The van der Waals surface area contributed by atoms with E-state index in [1.165, 1.54) is 0 Å². The highest BCUT2D eigenvalue weighted by molar-refractivity contribution is 5.91. The lowest BCUT2D eigenvalue weighted by Crippen LogP contribution is -2.39. The smallest absolute Gasteiger partial charge is 0.292 e. The summed E-state index contributed by atoms with van der Waals surface area (Å²) in [6.07, 6.45) is 1.00. The number of likely N-dealkylation sites (tertiary alicyclic amines) is 1. The number of carbonyl (C=O) groups excluding carboxylic acids is 1. The number of rotatable bonds is 1. The summed E-state index contributed by atoms with van der Waals surface area (Å²) in [4.78, 5) is 13.5. The molecular formula is C10H14N2O3. The Morgan fingerprint density at radius 3 is 2.80 bits per heavy atom. The zero-order chi connectivity index (χ0) is 10.8. The van der Waals surface area contributed by atoms with Crippen LogP contribution in [-0.4, -0.2) is 40.3 Å². The van der Waals surface area contributed by atoms with Crippen LogP contribution in [0.3, 0.4) is 0 Å². The van der Waals surface area contributed by atoms with E-state index in [0.717, 1.165) is 0 Å². The Labute approximate surface area is 87.7 Å². The summed E-state index contributed by atoms with van der Waals surface area (Å²) >= 11 is 0. The molecule has 1 aliphatic heterocycles. The van der Waals surface area contributed by atoms with Gasteiger partial charge in [0.05, 0.1) is 11.8 Å². The van der Waals surface area contributed by atoms with Gasteiger partial charge in [-0.1, -0.05) is 5.16 Å². The average molecular weight is 210 g/mol. The summed E-state index contributed by atoms with van der Waals surface area (Å²) in [5.41, 5.74) is 0.704. The van der Waals surface area contributed by atoms with Crippen molar-refractivity contribution in [2.75, 3.05) is 13.1 Å². The van der Waals surface area contributed by atoms with Crippen LogP contribution in [0.5, 0.6) is 0 Å². The molecule has 5 nitrogen and oxygen atoms in total. The van der Waals surface area contributed by atoms with Gasteiger partial charge in [0.1, 0.15) is 0 Å². The van der Waals surface area contributed by atoms with Gasteiger partial charge in [0.25, 0.3) is 5.91 Å². The van der Waals surface area contributed by atoms with Gasteiger partial charge < -0.3 is 14.5 Å². The first kappa shape index (κ1) is 10.2. The summed E-state index contributed by atoms with van der Waals surface area (Å²) in [5, 5.41) is 13.0. The highest BCUT2D eigenvalue weighted by atomic mass is 16.5. The molecule has 1 N–H and O–H groups in total. The topological polar surface area (TPSA) is 66.6 Å². The molecule has 0 spiro atoms. The SMILES string of the molecule is Cc1cc(C(=O)N2CCC(O)CC2)on1. The molecule has 15 heavy (non-hydrogen) atoms. The van der Waals surface area contributed by atoms with Crippen molar-refractivity contribution in [2.24, 2.45) is 0 Å². The van der Waals surface area contributed by atoms with Crippen LogP contribution < -0.4 is 0 Å². The zero-order valence-corrected chi connectivity index (χ0v) is 8.64. The summed E-state index contributed by atoms with van der Waals surface area (Å²) < 4.78 is 4.90. The fourth-order valence-corrected chi connectivity index (χ4v) is 1.69. The van der Waals surface area contributed by atoms with E-state index in [2.05, 4.69) is 5.16 Å². The maximum atomic E-state index is 11.8. The fourth-order valence-electron chi connectivity index (χ4n) is 1.69. The largest absolute Gasteiger partial charge is 0.393 e. The fraction of sp³-hybridized carbons (Fsp3) is 0.600. The highest BCUT2D eigenvalue weighted by Crippen LogP contribution is 2.14. The van der Waals surface area contributed by atoms with Gasteiger partial charge in [-0.2, -0.15) is 0 Å². The second kappa shape index (κ2) is 4.02. The molecule has 5 heteroatoms. The van der Waals surface area contributed by atoms with Gasteiger partial charge in [-0.05, 0) is 19.8 Å². The molecule has 1 amide bonds. The van der Waals surface area contributed by atoms with Crippen molar-refractivity contribution >= 4 is 5.91 Å². The first-order chi connectivity index (χ1) is 7.16. The molecule has 0 bridgehead atoms. The third-order valence-corrected chi connectivity index (χ3v) is 2.59. The monoisotopic (exact) mass is 210 g/mol. The van der Waals surface area contributed by atoms with Gasteiger partial charge in [0, 0.05) is 19.2 Å². The molecule has 2 rings (SSSR count). The normalized spacial score (nSPS) is 18.1. The molecule has 1 aliphatic rings. The molecular weight excluding hydrogens is 196 g/mol. The van der Waals surface area contributed by atoms with Crippen LogP contribution in [0.15, 0.2) is 10.6 Å². The number of aryl methyl sites for hydroxylation is 1. The number of nitrogens with zero attached hydrogens (tertiary/aromatic N) is 2. The van der Waals surface area contributed by atoms with E-state index in [0.29, 0.717) is 31.6 Å². The van der Waals surface area contributed by atoms with Gasteiger partial charge in [0.15, 0.2) is 0 Å². The third-order valence-electron chi connectivity index (χ3n) is 2.59. The predicted molar refractivity (Wildman–Crippen MR) is 52.4 cm³/mol. The predicted octanol–water partition coefficient (Wildman–Crippen LogP) is 0.580. The van der Waals surface area contributed by atoms with E-state index in [-0.39, 0.29) is 17.8 Å². The van der Waals surface area contributed by atoms with Crippen molar-refractivity contribution in [3.8, 4) is 0 Å². The first-order valence-electron chi connectivity index (χ1n) is 5.07. The number of aliphatic hydroxyl groups is 1. The van der Waals surface area contributed by atoms with Crippen LogP contribution in [-0.2, 0) is 0 Å². The maximum Gasteiger partial charge on any atom is 0.292 e. The van der Waals surface area contributed by atoms with E-state index in [1.54, 1.807) is 17.9 Å². The van der Waals surface area contributed by atoms with Crippen molar-refractivity contribution < 1.29 is 14.4 Å². The number of carbonyl (C=O) groups is 1.